The van der Waals surface area contributed by atoms with E-state index in [9.17, 15) is 18.4 Å². The maximum Gasteiger partial charge on any atom is 0.259 e. The summed E-state index contributed by atoms with van der Waals surface area (Å²) >= 11 is 0. The monoisotopic (exact) mass is 366 g/mol. The van der Waals surface area contributed by atoms with Crippen molar-refractivity contribution in [2.75, 3.05) is 32.8 Å². The van der Waals surface area contributed by atoms with Crippen molar-refractivity contribution in [1.82, 2.24) is 9.80 Å². The van der Waals surface area contributed by atoms with Crippen molar-refractivity contribution in [3.05, 3.63) is 35.4 Å². The van der Waals surface area contributed by atoms with E-state index in [1.54, 1.807) is 4.90 Å². The lowest BCUT2D eigenvalue weighted by Gasteiger charge is -2.47. The van der Waals surface area contributed by atoms with Gasteiger partial charge < -0.3 is 14.9 Å². The fourth-order valence-electron chi connectivity index (χ4n) is 4.02. The van der Waals surface area contributed by atoms with Gasteiger partial charge in [-0.15, -0.1) is 0 Å². The van der Waals surface area contributed by atoms with Crippen LogP contribution in [0.3, 0.4) is 0 Å². The molecule has 0 radical (unpaired) electrons. The second-order valence-electron chi connectivity index (χ2n) is 7.28. The highest BCUT2D eigenvalue weighted by atomic mass is 19.1. The van der Waals surface area contributed by atoms with Crippen LogP contribution in [-0.4, -0.2) is 59.5 Å². The molecule has 26 heavy (non-hydrogen) atoms. The Morgan fingerprint density at radius 3 is 2.42 bits per heavy atom. The molecule has 0 aliphatic carbocycles. The van der Waals surface area contributed by atoms with Gasteiger partial charge in [0.25, 0.3) is 5.91 Å². The van der Waals surface area contributed by atoms with Crippen LogP contribution >= 0.6 is 0 Å². The number of hydrogen-bond acceptors (Lipinski definition) is 3. The molecule has 0 saturated carbocycles. The lowest BCUT2D eigenvalue weighted by Crippen LogP contribution is -2.52. The predicted molar refractivity (Wildman–Crippen MR) is 91.4 cm³/mol. The van der Waals surface area contributed by atoms with E-state index >= 15 is 0 Å². The Hall–Kier alpha value is -2.02. The molecule has 2 saturated heterocycles. The van der Waals surface area contributed by atoms with Crippen LogP contribution in [0.4, 0.5) is 8.78 Å². The molecule has 2 amide bonds. The van der Waals surface area contributed by atoms with E-state index in [-0.39, 0.29) is 17.9 Å². The van der Waals surface area contributed by atoms with Gasteiger partial charge in [0.2, 0.25) is 5.91 Å². The highest BCUT2D eigenvalue weighted by Gasteiger charge is 2.42. The maximum absolute atomic E-state index is 13.9. The Morgan fingerprint density at radius 2 is 1.81 bits per heavy atom. The van der Waals surface area contributed by atoms with Crippen LogP contribution in [0.15, 0.2) is 18.2 Å². The van der Waals surface area contributed by atoms with Gasteiger partial charge in [-0.25, -0.2) is 8.78 Å². The van der Waals surface area contributed by atoms with Gasteiger partial charge in [-0.2, -0.15) is 0 Å². The zero-order valence-corrected chi connectivity index (χ0v) is 14.7. The SMILES string of the molecule is O=C1CCC2(CCN(C(=O)c3c(F)cccc3F)CC2)CN1CCCO. The molecule has 7 heteroatoms. The van der Waals surface area contributed by atoms with Gasteiger partial charge in [0, 0.05) is 39.2 Å². The Labute approximate surface area is 151 Å². The number of aliphatic hydroxyl groups is 1. The van der Waals surface area contributed by atoms with E-state index in [2.05, 4.69) is 0 Å². The Balaban J connectivity index is 1.65. The molecule has 0 bridgehead atoms. The minimum atomic E-state index is -0.839. The number of hydrogen-bond donors (Lipinski definition) is 1. The fourth-order valence-corrected chi connectivity index (χ4v) is 4.02. The van der Waals surface area contributed by atoms with Crippen LogP contribution in [0.2, 0.25) is 0 Å². The minimum absolute atomic E-state index is 0.0477. The summed E-state index contributed by atoms with van der Waals surface area (Å²) in [6, 6.07) is 3.42. The molecule has 2 aliphatic heterocycles. The van der Waals surface area contributed by atoms with Crippen LogP contribution in [0.1, 0.15) is 42.5 Å². The standard InChI is InChI=1S/C19H24F2N2O3/c20-14-3-1-4-15(21)17(14)18(26)22-10-7-19(8-11-22)6-5-16(25)23(13-19)9-2-12-24/h1,3-4,24H,2,5-13H2. The maximum atomic E-state index is 13.9. The van der Waals surface area contributed by atoms with Crippen molar-refractivity contribution in [3.8, 4) is 0 Å². The van der Waals surface area contributed by atoms with Gasteiger partial charge in [0.1, 0.15) is 17.2 Å². The van der Waals surface area contributed by atoms with E-state index in [4.69, 9.17) is 5.11 Å². The van der Waals surface area contributed by atoms with Crippen molar-refractivity contribution in [3.63, 3.8) is 0 Å². The molecule has 0 atom stereocenters. The van der Waals surface area contributed by atoms with Gasteiger partial charge in [-0.3, -0.25) is 9.59 Å². The number of likely N-dealkylation sites (tertiary alicyclic amines) is 2. The summed E-state index contributed by atoms with van der Waals surface area (Å²) in [4.78, 5) is 27.9. The number of benzene rings is 1. The highest BCUT2D eigenvalue weighted by Crippen LogP contribution is 2.40. The molecule has 5 nitrogen and oxygen atoms in total. The quantitative estimate of drug-likeness (QED) is 0.889. The Bertz CT molecular complexity index is 667. The normalized spacial score (nSPS) is 19.9. The summed E-state index contributed by atoms with van der Waals surface area (Å²) in [6.07, 6.45) is 3.22. The third-order valence-corrected chi connectivity index (χ3v) is 5.62. The van der Waals surface area contributed by atoms with Gasteiger partial charge in [-0.1, -0.05) is 6.07 Å². The molecule has 3 rings (SSSR count). The number of nitrogens with zero attached hydrogens (tertiary/aromatic N) is 2. The Morgan fingerprint density at radius 1 is 1.15 bits per heavy atom. The lowest BCUT2D eigenvalue weighted by atomic mass is 9.72. The average molecular weight is 366 g/mol. The second-order valence-corrected chi connectivity index (χ2v) is 7.28. The summed E-state index contributed by atoms with van der Waals surface area (Å²) in [6.45, 7) is 2.07. The first-order valence-electron chi connectivity index (χ1n) is 9.08. The van der Waals surface area contributed by atoms with Gasteiger partial charge in [0.05, 0.1) is 0 Å². The van der Waals surface area contributed by atoms with Crippen LogP contribution < -0.4 is 0 Å². The third kappa shape index (κ3) is 3.72. The summed E-state index contributed by atoms with van der Waals surface area (Å²) in [5.74, 6) is -2.18. The largest absolute Gasteiger partial charge is 0.396 e. The Kier molecular flexibility index (Phi) is 5.55. The van der Waals surface area contributed by atoms with Crippen molar-refractivity contribution in [2.45, 2.75) is 32.1 Å². The molecule has 1 N–H and O–H groups in total. The van der Waals surface area contributed by atoms with E-state index in [0.717, 1.165) is 18.6 Å². The molecule has 0 unspecified atom stereocenters. The molecule has 2 fully saturated rings. The number of rotatable bonds is 4. The summed E-state index contributed by atoms with van der Waals surface area (Å²) in [7, 11) is 0. The van der Waals surface area contributed by atoms with E-state index in [1.807, 2.05) is 0 Å². The second kappa shape index (κ2) is 7.70. The number of aliphatic hydroxyl groups excluding tert-OH is 1. The van der Waals surface area contributed by atoms with Crippen molar-refractivity contribution < 1.29 is 23.5 Å². The smallest absolute Gasteiger partial charge is 0.259 e. The molecular formula is C19H24F2N2O3. The molecule has 2 aliphatic rings. The zero-order chi connectivity index (χ0) is 18.7. The van der Waals surface area contributed by atoms with E-state index in [1.165, 1.54) is 11.0 Å². The highest BCUT2D eigenvalue weighted by molar-refractivity contribution is 5.94. The minimum Gasteiger partial charge on any atom is -0.396 e. The average Bonchev–Trinajstić information content (AvgIpc) is 2.63. The van der Waals surface area contributed by atoms with Gasteiger partial charge in [0.15, 0.2) is 0 Å². The fraction of sp³-hybridized carbons (Fsp3) is 0.579. The van der Waals surface area contributed by atoms with Crippen LogP contribution in [0.5, 0.6) is 0 Å². The van der Waals surface area contributed by atoms with Crippen molar-refractivity contribution in [2.24, 2.45) is 5.41 Å². The van der Waals surface area contributed by atoms with Crippen LogP contribution in [0, 0.1) is 17.0 Å². The first-order chi connectivity index (χ1) is 12.5. The van der Waals surface area contributed by atoms with Gasteiger partial charge >= 0.3 is 0 Å². The molecule has 0 aromatic heterocycles. The van der Waals surface area contributed by atoms with Gasteiger partial charge in [-0.05, 0) is 43.2 Å². The topological polar surface area (TPSA) is 60.9 Å². The number of piperidine rings is 2. The van der Waals surface area contributed by atoms with E-state index in [0.29, 0.717) is 51.9 Å². The summed E-state index contributed by atoms with van der Waals surface area (Å²) in [5, 5.41) is 8.99. The first-order valence-corrected chi connectivity index (χ1v) is 9.08. The molecule has 142 valence electrons. The van der Waals surface area contributed by atoms with Crippen LogP contribution in [0.25, 0.3) is 0 Å². The summed E-state index contributed by atoms with van der Waals surface area (Å²) < 4.78 is 27.7. The first kappa shape index (κ1) is 18.8. The summed E-state index contributed by atoms with van der Waals surface area (Å²) in [5.41, 5.74) is -0.541. The zero-order valence-electron chi connectivity index (χ0n) is 14.7. The van der Waals surface area contributed by atoms with Crippen LogP contribution in [-0.2, 0) is 4.79 Å². The third-order valence-electron chi connectivity index (χ3n) is 5.62. The predicted octanol–water partition coefficient (Wildman–Crippen LogP) is 2.19. The number of carbonyl (C=O) groups is 2. The molecule has 2 heterocycles. The molecule has 1 spiro atoms. The molecular weight excluding hydrogens is 342 g/mol. The number of carbonyl (C=O) groups excluding carboxylic acids is 2. The lowest BCUT2D eigenvalue weighted by molar-refractivity contribution is -0.139. The number of halogens is 2. The van der Waals surface area contributed by atoms with E-state index < -0.39 is 23.1 Å². The van der Waals surface area contributed by atoms with Crippen molar-refractivity contribution >= 4 is 11.8 Å². The number of amides is 2. The molecule has 1 aromatic carbocycles. The van der Waals surface area contributed by atoms with Crippen molar-refractivity contribution in [1.29, 1.82) is 0 Å². The molecule has 1 aromatic rings.